The summed E-state index contributed by atoms with van der Waals surface area (Å²) in [6, 6.07) is 0.153. The van der Waals surface area contributed by atoms with Crippen molar-refractivity contribution in [2.45, 2.75) is 43.2 Å². The highest BCUT2D eigenvalue weighted by molar-refractivity contribution is 5.96. The fraction of sp³-hybridized carbons (Fsp3) is 0.444. The lowest BCUT2D eigenvalue weighted by atomic mass is 9.63. The van der Waals surface area contributed by atoms with Gasteiger partial charge in [0.2, 0.25) is 0 Å². The van der Waals surface area contributed by atoms with Crippen molar-refractivity contribution in [1.82, 2.24) is 19.9 Å². The zero-order chi connectivity index (χ0) is 24.3. The molecule has 2 N–H and O–H groups in total. The van der Waals surface area contributed by atoms with Crippen LogP contribution in [0.2, 0.25) is 0 Å². The molecule has 1 aromatic carbocycles. The molecule has 2 bridgehead atoms. The Kier molecular flexibility index (Phi) is 5.05. The van der Waals surface area contributed by atoms with Gasteiger partial charge < -0.3 is 15.3 Å². The van der Waals surface area contributed by atoms with E-state index in [2.05, 4.69) is 15.5 Å². The molecular weight excluding hydrogens is 467 g/mol. The van der Waals surface area contributed by atoms with Gasteiger partial charge in [-0.05, 0) is 31.0 Å². The number of benzene rings is 1. The van der Waals surface area contributed by atoms with Gasteiger partial charge in [-0.3, -0.25) is 0 Å². The average molecular weight is 481 g/mol. The van der Waals surface area contributed by atoms with Gasteiger partial charge in [-0.1, -0.05) is 0 Å². The van der Waals surface area contributed by atoms with Gasteiger partial charge in [0.15, 0.2) is 0 Å². The normalized spacial score (nSPS) is 24.9. The molecule has 0 saturated carbocycles. The van der Waals surface area contributed by atoms with Crippen LogP contribution in [0.25, 0.3) is 5.69 Å². The predicted molar refractivity (Wildman–Crippen MR) is 94.7 cm³/mol. The van der Waals surface area contributed by atoms with Crippen LogP contribution in [0, 0.1) is 11.9 Å². The Morgan fingerprint density at radius 1 is 1.15 bits per heavy atom. The molecule has 2 aromatic rings. The Balaban J connectivity index is 1.62. The number of nitrogens with zero attached hydrogens (tertiary/aromatic N) is 4. The summed E-state index contributed by atoms with van der Waals surface area (Å²) in [5, 5.41) is 18.3. The summed E-state index contributed by atoms with van der Waals surface area (Å²) in [4.78, 5) is 25.7. The Morgan fingerprint density at radius 2 is 1.85 bits per heavy atom. The zero-order valence-corrected chi connectivity index (χ0v) is 16.3. The molecule has 2 amide bonds. The number of piperidine rings is 1. The number of fused-ring (bicyclic) bond motifs is 2. The topological polar surface area (TPSA) is 100 Å². The van der Waals surface area contributed by atoms with Crippen molar-refractivity contribution in [2.75, 3.05) is 5.32 Å². The fourth-order valence-corrected chi connectivity index (χ4v) is 4.45. The zero-order valence-electron chi connectivity index (χ0n) is 16.3. The number of alkyl halides is 6. The number of nitrogens with one attached hydrogen (secondary N) is 1. The highest BCUT2D eigenvalue weighted by Gasteiger charge is 2.67. The lowest BCUT2D eigenvalue weighted by Crippen LogP contribution is -2.76. The highest BCUT2D eigenvalue weighted by atomic mass is 19.4. The van der Waals surface area contributed by atoms with Crippen LogP contribution in [-0.2, 0) is 11.0 Å². The second kappa shape index (κ2) is 7.31. The summed E-state index contributed by atoms with van der Waals surface area (Å²) in [7, 11) is 0. The van der Waals surface area contributed by atoms with Crippen LogP contribution in [-0.4, -0.2) is 54.8 Å². The predicted octanol–water partition coefficient (Wildman–Crippen LogP) is 3.83. The monoisotopic (exact) mass is 481 g/mol. The van der Waals surface area contributed by atoms with Crippen molar-refractivity contribution < 1.29 is 45.4 Å². The Bertz CT molecular complexity index is 1120. The van der Waals surface area contributed by atoms with Gasteiger partial charge in [0.25, 0.3) is 5.95 Å². The van der Waals surface area contributed by atoms with E-state index >= 15 is 0 Å². The van der Waals surface area contributed by atoms with E-state index in [9.17, 15) is 45.4 Å². The third-order valence-corrected chi connectivity index (χ3v) is 5.85. The molecular formula is C18H14F7N5O3. The van der Waals surface area contributed by atoms with Crippen molar-refractivity contribution in [2.24, 2.45) is 5.92 Å². The number of urea groups is 1. The molecule has 3 unspecified atom stereocenters. The molecule has 178 valence electrons. The van der Waals surface area contributed by atoms with Crippen molar-refractivity contribution in [3.63, 3.8) is 0 Å². The van der Waals surface area contributed by atoms with E-state index in [1.807, 2.05) is 0 Å². The minimum atomic E-state index is -4.88. The molecule has 33 heavy (non-hydrogen) atoms. The number of halogens is 7. The molecule has 3 heterocycles. The molecule has 0 radical (unpaired) electrons. The smallest absolute Gasteiger partial charge is 0.418 e. The molecule has 4 rings (SSSR count). The molecule has 0 aliphatic carbocycles. The first-order valence-corrected chi connectivity index (χ1v) is 9.42. The van der Waals surface area contributed by atoms with Crippen LogP contribution < -0.4 is 5.32 Å². The summed E-state index contributed by atoms with van der Waals surface area (Å²) in [5.41, 5.74) is -4.29. The van der Waals surface area contributed by atoms with Gasteiger partial charge in [-0.2, -0.15) is 35.8 Å². The number of anilines is 1. The van der Waals surface area contributed by atoms with E-state index < -0.39 is 71.9 Å². The maximum Gasteiger partial charge on any atom is 0.418 e. The maximum atomic E-state index is 13.3. The molecule has 3 atom stereocenters. The summed E-state index contributed by atoms with van der Waals surface area (Å²) in [6.07, 6.45) is -10.4. The number of aliphatic carboxylic acids is 1. The van der Waals surface area contributed by atoms with Crippen molar-refractivity contribution in [1.29, 1.82) is 0 Å². The third kappa shape index (κ3) is 3.84. The number of rotatable bonds is 3. The van der Waals surface area contributed by atoms with Crippen LogP contribution in [0.4, 0.5) is 41.2 Å². The molecule has 8 nitrogen and oxygen atoms in total. The second-order valence-electron chi connectivity index (χ2n) is 7.86. The fourth-order valence-electron chi connectivity index (χ4n) is 4.45. The first kappa shape index (κ1) is 22.8. The van der Waals surface area contributed by atoms with E-state index in [1.54, 1.807) is 0 Å². The van der Waals surface area contributed by atoms with Crippen LogP contribution in [0.5, 0.6) is 0 Å². The van der Waals surface area contributed by atoms with Gasteiger partial charge in [-0.15, -0.1) is 9.90 Å². The number of carbonyl (C=O) groups excluding carboxylic acids is 1. The Hall–Kier alpha value is -3.39. The number of carboxylic acids is 1. The van der Waals surface area contributed by atoms with Crippen LogP contribution in [0.1, 0.15) is 24.8 Å². The molecule has 2 fully saturated rings. The minimum absolute atomic E-state index is 0.170. The van der Waals surface area contributed by atoms with Crippen molar-refractivity contribution >= 4 is 17.7 Å². The molecule has 2 saturated heterocycles. The Labute approximate surface area is 180 Å². The molecule has 2 aliphatic rings. The van der Waals surface area contributed by atoms with Gasteiger partial charge in [0.05, 0.1) is 11.5 Å². The first-order chi connectivity index (χ1) is 15.2. The van der Waals surface area contributed by atoms with E-state index in [0.717, 1.165) is 17.0 Å². The van der Waals surface area contributed by atoms with Crippen LogP contribution >= 0.6 is 0 Å². The molecule has 1 aromatic heterocycles. The number of hydrogen-bond acceptors (Lipinski definition) is 4. The summed E-state index contributed by atoms with van der Waals surface area (Å²) in [6.45, 7) is 0. The third-order valence-electron chi connectivity index (χ3n) is 5.85. The van der Waals surface area contributed by atoms with Gasteiger partial charge in [0.1, 0.15) is 17.4 Å². The number of amides is 2. The SMILES string of the molecule is O=C(Nc1ccc(C(F)(F)F)c(-n2ncc(F)n2)c1)N1C2CC(C(F)(F)F)CC1(C(=O)O)C2. The molecule has 15 heteroatoms. The lowest BCUT2D eigenvalue weighted by Gasteiger charge is -2.61. The lowest BCUT2D eigenvalue weighted by molar-refractivity contribution is -0.227. The molecule has 0 spiro atoms. The quantitative estimate of drug-likeness (QED) is 0.650. The van der Waals surface area contributed by atoms with Crippen LogP contribution in [0.15, 0.2) is 24.4 Å². The van der Waals surface area contributed by atoms with Gasteiger partial charge in [0, 0.05) is 18.2 Å². The first-order valence-electron chi connectivity index (χ1n) is 9.42. The number of carbonyl (C=O) groups is 2. The standard InChI is InChI=1S/C18H14F7N5O3/c19-13-7-26-30(28-13)12-4-9(1-2-11(12)18(23,24)25)27-15(33)29-10-3-8(17(20,21)22)5-16(29,6-10)14(31)32/h1-2,4,7-8,10H,3,5-6H2,(H,27,33)(H,31,32). The Morgan fingerprint density at radius 3 is 2.39 bits per heavy atom. The average Bonchev–Trinajstić information content (AvgIpc) is 3.12. The summed E-state index contributed by atoms with van der Waals surface area (Å²) in [5.74, 6) is -4.66. The van der Waals surface area contributed by atoms with E-state index in [0.29, 0.717) is 17.1 Å². The number of carboxylic acid groups (broad SMARTS) is 1. The number of aromatic nitrogens is 3. The van der Waals surface area contributed by atoms with Crippen molar-refractivity contribution in [3.8, 4) is 5.69 Å². The van der Waals surface area contributed by atoms with E-state index in [4.69, 9.17) is 0 Å². The van der Waals surface area contributed by atoms with E-state index in [-0.39, 0.29) is 12.1 Å². The highest BCUT2D eigenvalue weighted by Crippen LogP contribution is 2.54. The van der Waals surface area contributed by atoms with Gasteiger partial charge in [-0.25, -0.2) is 9.59 Å². The van der Waals surface area contributed by atoms with E-state index in [1.165, 1.54) is 0 Å². The molecule has 2 aliphatic heterocycles. The maximum absolute atomic E-state index is 13.3. The summed E-state index contributed by atoms with van der Waals surface area (Å²) >= 11 is 0. The largest absolute Gasteiger partial charge is 0.479 e. The second-order valence-corrected chi connectivity index (χ2v) is 7.86. The minimum Gasteiger partial charge on any atom is -0.479 e. The number of hydrogen-bond donors (Lipinski definition) is 2. The van der Waals surface area contributed by atoms with Gasteiger partial charge >= 0.3 is 24.4 Å². The van der Waals surface area contributed by atoms with Crippen molar-refractivity contribution in [3.05, 3.63) is 35.9 Å². The summed E-state index contributed by atoms with van der Waals surface area (Å²) < 4.78 is 92.6. The van der Waals surface area contributed by atoms with Crippen LogP contribution in [0.3, 0.4) is 0 Å².